The predicted molar refractivity (Wildman–Crippen MR) is 113 cm³/mol. The van der Waals surface area contributed by atoms with Gasteiger partial charge in [-0.05, 0) is 30.4 Å². The van der Waals surface area contributed by atoms with Gasteiger partial charge in [-0.25, -0.2) is 8.42 Å². The van der Waals surface area contributed by atoms with Gasteiger partial charge in [0, 0.05) is 19.8 Å². The molecule has 0 aliphatic carbocycles. The van der Waals surface area contributed by atoms with E-state index in [1.165, 1.54) is 23.9 Å². The zero-order valence-corrected chi connectivity index (χ0v) is 17.6. The Morgan fingerprint density at radius 2 is 1.77 bits per heavy atom. The molecule has 0 bridgehead atoms. The molecule has 30 heavy (non-hydrogen) atoms. The van der Waals surface area contributed by atoms with Gasteiger partial charge in [0.1, 0.15) is 15.4 Å². The number of nitrogens with one attached hydrogen (secondary N) is 2. The zero-order valence-electron chi connectivity index (χ0n) is 16.8. The van der Waals surface area contributed by atoms with E-state index in [1.807, 2.05) is 30.3 Å². The van der Waals surface area contributed by atoms with E-state index in [4.69, 9.17) is 0 Å². The summed E-state index contributed by atoms with van der Waals surface area (Å²) in [6.45, 7) is 0.576. The molecule has 1 aromatic carbocycles. The Morgan fingerprint density at radius 1 is 1.10 bits per heavy atom. The smallest absolute Gasteiger partial charge is 0.263 e. The Bertz CT molecular complexity index is 1080. The number of amides is 2. The molecular weight excluding hydrogens is 406 g/mol. The monoisotopic (exact) mass is 431 g/mol. The van der Waals surface area contributed by atoms with E-state index in [-0.39, 0.29) is 35.1 Å². The molecule has 1 fully saturated rings. The Labute approximate surface area is 175 Å². The standard InChI is InChI=1S/C21H25N3O5S/c1-22-20(26)18-11-17(14-24(21(18)27)13-16-5-3-2-4-6-16)19(25)23-12-15-7-9-30(28,29)10-8-15/h2-6,11,14-15H,7-10,12-13H2,1H3,(H,22,26)(H,23,25). The van der Waals surface area contributed by atoms with Gasteiger partial charge in [-0.2, -0.15) is 0 Å². The molecule has 1 aliphatic heterocycles. The van der Waals surface area contributed by atoms with Gasteiger partial charge in [-0.3, -0.25) is 14.4 Å². The number of hydrogen-bond donors (Lipinski definition) is 2. The molecule has 3 rings (SSSR count). The van der Waals surface area contributed by atoms with E-state index >= 15 is 0 Å². The van der Waals surface area contributed by atoms with Crippen molar-refractivity contribution in [1.82, 2.24) is 15.2 Å². The van der Waals surface area contributed by atoms with E-state index in [0.717, 1.165) is 5.56 Å². The minimum absolute atomic E-state index is 0.0890. The van der Waals surface area contributed by atoms with Crippen LogP contribution < -0.4 is 16.2 Å². The average Bonchev–Trinajstić information content (AvgIpc) is 2.74. The molecule has 2 N–H and O–H groups in total. The van der Waals surface area contributed by atoms with Crippen molar-refractivity contribution in [2.45, 2.75) is 19.4 Å². The summed E-state index contributed by atoms with van der Waals surface area (Å²) in [5.74, 6) is -0.609. The lowest BCUT2D eigenvalue weighted by atomic mass is 10.0. The number of carbonyl (C=O) groups excluding carboxylic acids is 2. The lowest BCUT2D eigenvalue weighted by molar-refractivity contribution is 0.0945. The summed E-state index contributed by atoms with van der Waals surface area (Å²) in [5, 5.41) is 5.24. The highest BCUT2D eigenvalue weighted by atomic mass is 32.2. The summed E-state index contributed by atoms with van der Waals surface area (Å²) < 4.78 is 24.4. The number of carbonyl (C=O) groups is 2. The molecular formula is C21H25N3O5S. The van der Waals surface area contributed by atoms with Crippen LogP contribution in [-0.4, -0.2) is 49.9 Å². The predicted octanol–water partition coefficient (Wildman–Crippen LogP) is 0.811. The molecule has 1 aliphatic rings. The third-order valence-electron chi connectivity index (χ3n) is 5.24. The van der Waals surface area contributed by atoms with Gasteiger partial charge < -0.3 is 15.2 Å². The number of nitrogens with zero attached hydrogens (tertiary/aromatic N) is 1. The lowest BCUT2D eigenvalue weighted by Gasteiger charge is -2.22. The summed E-state index contributed by atoms with van der Waals surface area (Å²) >= 11 is 0. The summed E-state index contributed by atoms with van der Waals surface area (Å²) in [6.07, 6.45) is 2.47. The van der Waals surface area contributed by atoms with Crippen LogP contribution in [0.25, 0.3) is 0 Å². The lowest BCUT2D eigenvalue weighted by Crippen LogP contribution is -2.36. The Hall–Kier alpha value is -2.94. The topological polar surface area (TPSA) is 114 Å². The maximum absolute atomic E-state index is 12.7. The second kappa shape index (κ2) is 9.25. The maximum atomic E-state index is 12.7. The Morgan fingerprint density at radius 3 is 2.40 bits per heavy atom. The van der Waals surface area contributed by atoms with Gasteiger partial charge in [-0.1, -0.05) is 30.3 Å². The number of pyridine rings is 1. The number of rotatable bonds is 6. The fourth-order valence-electron chi connectivity index (χ4n) is 3.44. The van der Waals surface area contributed by atoms with Crippen LogP contribution in [0.15, 0.2) is 47.4 Å². The van der Waals surface area contributed by atoms with Crippen LogP contribution >= 0.6 is 0 Å². The summed E-state index contributed by atoms with van der Waals surface area (Å²) in [6, 6.07) is 10.6. The molecule has 0 radical (unpaired) electrons. The quantitative estimate of drug-likeness (QED) is 0.703. The number of hydrogen-bond acceptors (Lipinski definition) is 5. The van der Waals surface area contributed by atoms with Crippen LogP contribution in [0.2, 0.25) is 0 Å². The molecule has 2 heterocycles. The van der Waals surface area contributed by atoms with Gasteiger partial charge in [0.2, 0.25) is 0 Å². The second-order valence-electron chi connectivity index (χ2n) is 7.45. The van der Waals surface area contributed by atoms with Crippen LogP contribution in [0.1, 0.15) is 39.1 Å². The molecule has 0 saturated carbocycles. The van der Waals surface area contributed by atoms with Gasteiger partial charge >= 0.3 is 0 Å². The van der Waals surface area contributed by atoms with Crippen molar-refractivity contribution >= 4 is 21.7 Å². The van der Waals surface area contributed by atoms with Crippen LogP contribution in [0.4, 0.5) is 0 Å². The maximum Gasteiger partial charge on any atom is 0.263 e. The molecule has 0 spiro atoms. The minimum Gasteiger partial charge on any atom is -0.355 e. The first-order valence-corrected chi connectivity index (χ1v) is 11.6. The van der Waals surface area contributed by atoms with Crippen LogP contribution in [0, 0.1) is 5.92 Å². The summed E-state index contributed by atoms with van der Waals surface area (Å²) in [7, 11) is -1.54. The molecule has 1 saturated heterocycles. The van der Waals surface area contributed by atoms with Crippen molar-refractivity contribution in [3.63, 3.8) is 0 Å². The molecule has 160 valence electrons. The Kier molecular flexibility index (Phi) is 6.71. The second-order valence-corrected chi connectivity index (χ2v) is 9.75. The Balaban J connectivity index is 1.80. The molecule has 0 unspecified atom stereocenters. The largest absolute Gasteiger partial charge is 0.355 e. The molecule has 0 atom stereocenters. The van der Waals surface area contributed by atoms with Crippen LogP contribution in [0.5, 0.6) is 0 Å². The number of sulfone groups is 1. The number of benzene rings is 1. The molecule has 1 aromatic heterocycles. The van der Waals surface area contributed by atoms with Crippen molar-refractivity contribution in [3.05, 3.63) is 69.6 Å². The van der Waals surface area contributed by atoms with Crippen molar-refractivity contribution in [1.29, 1.82) is 0 Å². The van der Waals surface area contributed by atoms with Gasteiger partial charge in [0.15, 0.2) is 0 Å². The molecule has 2 aromatic rings. The summed E-state index contributed by atoms with van der Waals surface area (Å²) in [5.41, 5.74) is 0.480. The third kappa shape index (κ3) is 5.35. The SMILES string of the molecule is CNC(=O)c1cc(C(=O)NCC2CCS(=O)(=O)CC2)cn(Cc2ccccc2)c1=O. The van der Waals surface area contributed by atoms with E-state index in [9.17, 15) is 22.8 Å². The fourth-order valence-corrected chi connectivity index (χ4v) is 5.03. The third-order valence-corrected chi connectivity index (χ3v) is 6.96. The van der Waals surface area contributed by atoms with Gasteiger partial charge in [0.25, 0.3) is 17.4 Å². The van der Waals surface area contributed by atoms with Crippen molar-refractivity contribution in [2.75, 3.05) is 25.1 Å². The molecule has 2 amide bonds. The first-order chi connectivity index (χ1) is 14.3. The van der Waals surface area contributed by atoms with Gasteiger partial charge in [0.05, 0.1) is 23.6 Å². The van der Waals surface area contributed by atoms with Crippen molar-refractivity contribution in [3.8, 4) is 0 Å². The van der Waals surface area contributed by atoms with Crippen LogP contribution in [0.3, 0.4) is 0 Å². The van der Waals surface area contributed by atoms with Gasteiger partial charge in [-0.15, -0.1) is 0 Å². The van der Waals surface area contributed by atoms with E-state index in [1.54, 1.807) is 0 Å². The van der Waals surface area contributed by atoms with E-state index in [0.29, 0.717) is 19.4 Å². The average molecular weight is 432 g/mol. The van der Waals surface area contributed by atoms with Crippen molar-refractivity contribution < 1.29 is 18.0 Å². The molecule has 8 nitrogen and oxygen atoms in total. The fraction of sp³-hybridized carbons (Fsp3) is 0.381. The van der Waals surface area contributed by atoms with E-state index in [2.05, 4.69) is 10.6 Å². The highest BCUT2D eigenvalue weighted by Crippen LogP contribution is 2.18. The highest BCUT2D eigenvalue weighted by Gasteiger charge is 2.24. The summed E-state index contributed by atoms with van der Waals surface area (Å²) in [4.78, 5) is 37.6. The number of aromatic nitrogens is 1. The zero-order chi connectivity index (χ0) is 21.7. The molecule has 9 heteroatoms. The van der Waals surface area contributed by atoms with Crippen LogP contribution in [-0.2, 0) is 16.4 Å². The first-order valence-electron chi connectivity index (χ1n) is 9.78. The highest BCUT2D eigenvalue weighted by molar-refractivity contribution is 7.91. The van der Waals surface area contributed by atoms with E-state index < -0.39 is 27.2 Å². The normalized spacial score (nSPS) is 16.0. The first kappa shape index (κ1) is 21.8. The minimum atomic E-state index is -2.96. The van der Waals surface area contributed by atoms with Crippen molar-refractivity contribution in [2.24, 2.45) is 5.92 Å².